The molecule has 0 bridgehead atoms. The van der Waals surface area contributed by atoms with Gasteiger partial charge in [0.15, 0.2) is 0 Å². The molecule has 1 aliphatic rings. The number of hydrogen-bond donors (Lipinski definition) is 0. The van der Waals surface area contributed by atoms with Gasteiger partial charge in [0.05, 0.1) is 5.01 Å². The van der Waals surface area contributed by atoms with Gasteiger partial charge < -0.3 is 4.90 Å². The van der Waals surface area contributed by atoms with Crippen molar-refractivity contribution in [1.82, 2.24) is 9.88 Å². The van der Waals surface area contributed by atoms with Crippen LogP contribution in [0.4, 0.5) is 0 Å². The molecule has 3 atom stereocenters. The molecular formula is C15H22N2O2S. The van der Waals surface area contributed by atoms with E-state index in [0.717, 1.165) is 11.4 Å². The average molecular weight is 294 g/mol. The van der Waals surface area contributed by atoms with E-state index in [9.17, 15) is 9.59 Å². The first-order valence-corrected chi connectivity index (χ1v) is 8.03. The first-order chi connectivity index (χ1) is 9.49. The van der Waals surface area contributed by atoms with E-state index in [4.69, 9.17) is 0 Å². The molecule has 1 heterocycles. The number of thiazole rings is 1. The van der Waals surface area contributed by atoms with E-state index in [-0.39, 0.29) is 23.7 Å². The van der Waals surface area contributed by atoms with Gasteiger partial charge in [-0.2, -0.15) is 0 Å². The van der Waals surface area contributed by atoms with Crippen LogP contribution in [0.1, 0.15) is 44.0 Å². The first-order valence-electron chi connectivity index (χ1n) is 7.15. The Morgan fingerprint density at radius 3 is 2.90 bits per heavy atom. The number of hydrogen-bond acceptors (Lipinski definition) is 4. The molecule has 1 saturated carbocycles. The highest BCUT2D eigenvalue weighted by Crippen LogP contribution is 2.31. The summed E-state index contributed by atoms with van der Waals surface area (Å²) in [6.45, 7) is 4.72. The number of ketones is 1. The Hall–Kier alpha value is -1.23. The Morgan fingerprint density at radius 2 is 2.35 bits per heavy atom. The topological polar surface area (TPSA) is 50.3 Å². The summed E-state index contributed by atoms with van der Waals surface area (Å²) in [6, 6.07) is 0. The fourth-order valence-electron chi connectivity index (χ4n) is 2.80. The molecule has 1 aliphatic carbocycles. The van der Waals surface area contributed by atoms with E-state index in [1.54, 1.807) is 22.4 Å². The number of amides is 1. The number of nitrogens with zero attached hydrogens (tertiary/aromatic N) is 2. The second-order valence-corrected chi connectivity index (χ2v) is 6.73. The number of likely N-dealkylation sites (N-methyl/N-ethyl adjacent to an activating group) is 1. The summed E-state index contributed by atoms with van der Waals surface area (Å²) in [5, 5.41) is 3.02. The van der Waals surface area contributed by atoms with Gasteiger partial charge in [-0.3, -0.25) is 9.59 Å². The molecule has 110 valence electrons. The Kier molecular flexibility index (Phi) is 4.91. The number of carbonyl (C=O) groups excluding carboxylic acids is 2. The molecule has 1 fully saturated rings. The quantitative estimate of drug-likeness (QED) is 0.839. The third-order valence-corrected chi connectivity index (χ3v) is 5.27. The van der Waals surface area contributed by atoms with Crippen molar-refractivity contribution in [2.75, 3.05) is 13.6 Å². The number of rotatable bonds is 5. The van der Waals surface area contributed by atoms with E-state index in [2.05, 4.69) is 11.9 Å². The SMILES string of the molecule is CC(CN(C)C(=O)CC1CCC(=O)C1C)c1nccs1. The van der Waals surface area contributed by atoms with Gasteiger partial charge in [0, 0.05) is 49.8 Å². The lowest BCUT2D eigenvalue weighted by atomic mass is 9.93. The highest BCUT2D eigenvalue weighted by atomic mass is 32.1. The lowest BCUT2D eigenvalue weighted by molar-refractivity contribution is -0.131. The molecule has 0 radical (unpaired) electrons. The third-order valence-electron chi connectivity index (χ3n) is 4.26. The molecule has 5 heteroatoms. The van der Waals surface area contributed by atoms with Crippen molar-refractivity contribution >= 4 is 23.0 Å². The van der Waals surface area contributed by atoms with Crippen LogP contribution in [-0.2, 0) is 9.59 Å². The minimum absolute atomic E-state index is 0.0451. The van der Waals surface area contributed by atoms with E-state index in [1.807, 2.05) is 19.4 Å². The summed E-state index contributed by atoms with van der Waals surface area (Å²) in [5.41, 5.74) is 0. The van der Waals surface area contributed by atoms with Crippen molar-refractivity contribution in [2.45, 2.75) is 39.0 Å². The van der Waals surface area contributed by atoms with Gasteiger partial charge in [-0.05, 0) is 12.3 Å². The van der Waals surface area contributed by atoms with Crippen molar-refractivity contribution in [3.8, 4) is 0 Å². The number of carbonyl (C=O) groups is 2. The predicted octanol–water partition coefficient (Wildman–Crippen LogP) is 2.71. The lowest BCUT2D eigenvalue weighted by Crippen LogP contribution is -2.32. The summed E-state index contributed by atoms with van der Waals surface area (Å²) in [5.74, 6) is 0.976. The number of Topliss-reactive ketones (excluding diaryl/α,β-unsaturated/α-hetero) is 1. The molecule has 0 aliphatic heterocycles. The molecule has 1 aromatic heterocycles. The van der Waals surface area contributed by atoms with Crippen LogP contribution in [0.25, 0.3) is 0 Å². The zero-order valence-corrected chi connectivity index (χ0v) is 13.2. The zero-order chi connectivity index (χ0) is 14.7. The summed E-state index contributed by atoms with van der Waals surface area (Å²) < 4.78 is 0. The molecule has 0 spiro atoms. The second kappa shape index (κ2) is 6.48. The molecule has 2 rings (SSSR count). The Balaban J connectivity index is 1.84. The minimum Gasteiger partial charge on any atom is -0.345 e. The van der Waals surface area contributed by atoms with Crippen molar-refractivity contribution in [2.24, 2.45) is 11.8 Å². The molecule has 0 saturated heterocycles. The normalized spacial score (nSPS) is 23.9. The fourth-order valence-corrected chi connectivity index (χ4v) is 3.49. The smallest absolute Gasteiger partial charge is 0.222 e. The molecule has 20 heavy (non-hydrogen) atoms. The van der Waals surface area contributed by atoms with Gasteiger partial charge in [0.25, 0.3) is 0 Å². The van der Waals surface area contributed by atoms with Gasteiger partial charge in [-0.1, -0.05) is 13.8 Å². The maximum absolute atomic E-state index is 12.3. The minimum atomic E-state index is 0.0451. The van der Waals surface area contributed by atoms with Crippen LogP contribution in [0.2, 0.25) is 0 Å². The van der Waals surface area contributed by atoms with Crippen molar-refractivity contribution in [1.29, 1.82) is 0 Å². The van der Waals surface area contributed by atoms with Gasteiger partial charge in [-0.25, -0.2) is 4.98 Å². The van der Waals surface area contributed by atoms with E-state index < -0.39 is 0 Å². The van der Waals surface area contributed by atoms with Gasteiger partial charge >= 0.3 is 0 Å². The van der Waals surface area contributed by atoms with E-state index in [1.165, 1.54) is 0 Å². The highest BCUT2D eigenvalue weighted by molar-refractivity contribution is 7.09. The van der Waals surface area contributed by atoms with E-state index >= 15 is 0 Å². The van der Waals surface area contributed by atoms with Gasteiger partial charge in [-0.15, -0.1) is 11.3 Å². The van der Waals surface area contributed by atoms with Crippen molar-refractivity contribution in [3.63, 3.8) is 0 Å². The van der Waals surface area contributed by atoms with Crippen LogP contribution in [-0.4, -0.2) is 35.2 Å². The maximum atomic E-state index is 12.3. The highest BCUT2D eigenvalue weighted by Gasteiger charge is 2.33. The molecular weight excluding hydrogens is 272 g/mol. The van der Waals surface area contributed by atoms with Crippen molar-refractivity contribution < 1.29 is 9.59 Å². The largest absolute Gasteiger partial charge is 0.345 e. The van der Waals surface area contributed by atoms with E-state index in [0.29, 0.717) is 25.2 Å². The van der Waals surface area contributed by atoms with Crippen LogP contribution in [0.15, 0.2) is 11.6 Å². The molecule has 0 aromatic carbocycles. The standard InChI is InChI=1S/C15H22N2O2S/c1-10(15-16-6-7-20-15)9-17(3)14(19)8-12-4-5-13(18)11(12)2/h6-7,10-12H,4-5,8-9H2,1-3H3. The van der Waals surface area contributed by atoms with Crippen LogP contribution < -0.4 is 0 Å². The van der Waals surface area contributed by atoms with Gasteiger partial charge in [0.1, 0.15) is 5.78 Å². The lowest BCUT2D eigenvalue weighted by Gasteiger charge is -2.23. The van der Waals surface area contributed by atoms with Gasteiger partial charge in [0.2, 0.25) is 5.91 Å². The Bertz CT molecular complexity index is 472. The fraction of sp³-hybridized carbons (Fsp3) is 0.667. The molecule has 4 nitrogen and oxygen atoms in total. The van der Waals surface area contributed by atoms with Crippen molar-refractivity contribution in [3.05, 3.63) is 16.6 Å². The molecule has 3 unspecified atom stereocenters. The van der Waals surface area contributed by atoms with Crippen LogP contribution >= 0.6 is 11.3 Å². The molecule has 1 amide bonds. The Labute approximate surface area is 124 Å². The third kappa shape index (κ3) is 3.45. The number of aromatic nitrogens is 1. The zero-order valence-electron chi connectivity index (χ0n) is 12.3. The summed E-state index contributed by atoms with van der Waals surface area (Å²) in [6.07, 6.45) is 3.79. The maximum Gasteiger partial charge on any atom is 0.222 e. The average Bonchev–Trinajstić information content (AvgIpc) is 3.04. The Morgan fingerprint density at radius 1 is 1.60 bits per heavy atom. The summed E-state index contributed by atoms with van der Waals surface area (Å²) in [7, 11) is 1.84. The summed E-state index contributed by atoms with van der Waals surface area (Å²) in [4.78, 5) is 29.9. The predicted molar refractivity (Wildman–Crippen MR) is 79.7 cm³/mol. The van der Waals surface area contributed by atoms with Crippen LogP contribution in [0.3, 0.4) is 0 Å². The molecule has 0 N–H and O–H groups in total. The molecule has 1 aromatic rings. The second-order valence-electron chi connectivity index (χ2n) is 5.80. The van der Waals surface area contributed by atoms with Crippen LogP contribution in [0, 0.1) is 11.8 Å². The monoisotopic (exact) mass is 294 g/mol. The summed E-state index contributed by atoms with van der Waals surface area (Å²) >= 11 is 1.62. The first kappa shape index (κ1) is 15.2. The van der Waals surface area contributed by atoms with Crippen LogP contribution in [0.5, 0.6) is 0 Å².